The Labute approximate surface area is 172 Å². The third-order valence-electron chi connectivity index (χ3n) is 4.83. The molecule has 0 radical (unpaired) electrons. The Morgan fingerprint density at radius 1 is 1.00 bits per heavy atom. The molecule has 2 aromatic carbocycles. The number of primary amides is 1. The van der Waals surface area contributed by atoms with Crippen LogP contribution >= 0.6 is 0 Å². The first kappa shape index (κ1) is 22.4. The van der Waals surface area contributed by atoms with E-state index in [4.69, 9.17) is 24.7 Å². The van der Waals surface area contributed by atoms with Crippen LogP contribution in [0.25, 0.3) is 0 Å². The van der Waals surface area contributed by atoms with Crippen molar-refractivity contribution in [2.24, 2.45) is 5.73 Å². The second-order valence-electron chi connectivity index (χ2n) is 6.51. The fourth-order valence-electron chi connectivity index (χ4n) is 3.39. The molecule has 2 rings (SSSR count). The largest absolute Gasteiger partial charge is 0.493 e. The molecule has 0 saturated heterocycles. The van der Waals surface area contributed by atoms with Gasteiger partial charge in [-0.05, 0) is 41.8 Å². The number of hydrogen-bond acceptors (Lipinski definition) is 6. The van der Waals surface area contributed by atoms with Crippen LogP contribution in [0, 0.1) is 0 Å². The Bertz CT molecular complexity index is 813. The van der Waals surface area contributed by atoms with E-state index >= 15 is 0 Å². The van der Waals surface area contributed by atoms with Gasteiger partial charge in [0.25, 0.3) is 5.91 Å². The van der Waals surface area contributed by atoms with Gasteiger partial charge in [-0.25, -0.2) is 0 Å². The number of hydrogen-bond donors (Lipinski definition) is 2. The van der Waals surface area contributed by atoms with Gasteiger partial charge in [-0.1, -0.05) is 13.0 Å². The van der Waals surface area contributed by atoms with Crippen molar-refractivity contribution < 1.29 is 23.7 Å². The van der Waals surface area contributed by atoms with Crippen LogP contribution < -0.4 is 25.3 Å². The molecule has 7 nitrogen and oxygen atoms in total. The average Bonchev–Trinajstić information content (AvgIpc) is 2.73. The van der Waals surface area contributed by atoms with Crippen LogP contribution in [0.3, 0.4) is 0 Å². The van der Waals surface area contributed by atoms with Crippen molar-refractivity contribution in [2.75, 3.05) is 46.9 Å². The van der Waals surface area contributed by atoms with Crippen molar-refractivity contribution in [2.45, 2.75) is 19.3 Å². The molecule has 7 heteroatoms. The standard InChI is InChI=1S/C22H30N2O5/c1-6-16(15-12-19(27-3)21(29-5)20(13-15)28-4)14-7-8-17(22(23)25)18(11-14)24-9-10-26-2/h7-8,11-13,16,24H,6,9-10H2,1-5H3,(H2,23,25). The number of amides is 1. The first-order valence-corrected chi connectivity index (χ1v) is 9.47. The van der Waals surface area contributed by atoms with Gasteiger partial charge in [-0.2, -0.15) is 0 Å². The molecule has 0 aliphatic rings. The minimum Gasteiger partial charge on any atom is -0.493 e. The number of methoxy groups -OCH3 is 4. The molecule has 0 fully saturated rings. The third-order valence-corrected chi connectivity index (χ3v) is 4.83. The molecule has 1 atom stereocenters. The van der Waals surface area contributed by atoms with E-state index in [2.05, 4.69) is 12.2 Å². The molecule has 0 saturated carbocycles. The van der Waals surface area contributed by atoms with E-state index in [9.17, 15) is 4.79 Å². The molecule has 0 aliphatic carbocycles. The summed E-state index contributed by atoms with van der Waals surface area (Å²) in [5, 5.41) is 3.23. The van der Waals surface area contributed by atoms with Gasteiger partial charge in [0.05, 0.1) is 33.5 Å². The highest BCUT2D eigenvalue weighted by Crippen LogP contribution is 2.42. The number of anilines is 1. The first-order valence-electron chi connectivity index (χ1n) is 9.47. The maximum Gasteiger partial charge on any atom is 0.250 e. The van der Waals surface area contributed by atoms with Crippen LogP contribution in [-0.4, -0.2) is 47.5 Å². The molecule has 29 heavy (non-hydrogen) atoms. The highest BCUT2D eigenvalue weighted by atomic mass is 16.5. The van der Waals surface area contributed by atoms with Gasteiger partial charge in [0.15, 0.2) is 11.5 Å². The number of rotatable bonds is 11. The number of carbonyl (C=O) groups is 1. The molecule has 0 heterocycles. The third kappa shape index (κ3) is 5.12. The predicted octanol–water partition coefficient (Wildman–Crippen LogP) is 3.41. The zero-order valence-electron chi connectivity index (χ0n) is 17.7. The van der Waals surface area contributed by atoms with Gasteiger partial charge in [0, 0.05) is 25.3 Å². The zero-order valence-corrected chi connectivity index (χ0v) is 17.7. The number of ether oxygens (including phenoxy) is 4. The lowest BCUT2D eigenvalue weighted by Crippen LogP contribution is -2.17. The van der Waals surface area contributed by atoms with Crippen molar-refractivity contribution in [3.63, 3.8) is 0 Å². The molecule has 0 bridgehead atoms. The summed E-state index contributed by atoms with van der Waals surface area (Å²) in [5.74, 6) is 1.35. The summed E-state index contributed by atoms with van der Waals surface area (Å²) in [6.45, 7) is 3.20. The van der Waals surface area contributed by atoms with E-state index in [1.54, 1.807) is 34.5 Å². The van der Waals surface area contributed by atoms with Crippen LogP contribution in [-0.2, 0) is 4.74 Å². The van der Waals surface area contributed by atoms with Crippen molar-refractivity contribution in [1.29, 1.82) is 0 Å². The molecule has 3 N–H and O–H groups in total. The van der Waals surface area contributed by atoms with Gasteiger partial charge in [0.2, 0.25) is 5.75 Å². The van der Waals surface area contributed by atoms with Crippen LogP contribution in [0.5, 0.6) is 17.2 Å². The van der Waals surface area contributed by atoms with Crippen molar-refractivity contribution >= 4 is 11.6 Å². The van der Waals surface area contributed by atoms with Crippen molar-refractivity contribution in [3.8, 4) is 17.2 Å². The summed E-state index contributed by atoms with van der Waals surface area (Å²) < 4.78 is 21.5. The molecule has 1 amide bonds. The van der Waals surface area contributed by atoms with Gasteiger partial charge in [-0.15, -0.1) is 0 Å². The topological polar surface area (TPSA) is 92.0 Å². The summed E-state index contributed by atoms with van der Waals surface area (Å²) in [4.78, 5) is 11.8. The Kier molecular flexibility index (Phi) is 8.15. The van der Waals surface area contributed by atoms with E-state index in [1.807, 2.05) is 24.3 Å². The normalized spacial score (nSPS) is 11.6. The fourth-order valence-corrected chi connectivity index (χ4v) is 3.39. The second-order valence-corrected chi connectivity index (χ2v) is 6.51. The molecule has 2 aromatic rings. The van der Waals surface area contributed by atoms with Crippen LogP contribution in [0.2, 0.25) is 0 Å². The molecule has 158 valence electrons. The van der Waals surface area contributed by atoms with Crippen LogP contribution in [0.1, 0.15) is 40.7 Å². The number of nitrogens with one attached hydrogen (secondary N) is 1. The van der Waals surface area contributed by atoms with Gasteiger partial charge in [-0.3, -0.25) is 4.79 Å². The fraction of sp³-hybridized carbons (Fsp3) is 0.409. The van der Waals surface area contributed by atoms with Crippen LogP contribution in [0.15, 0.2) is 30.3 Å². The summed E-state index contributed by atoms with van der Waals surface area (Å²) in [5.41, 5.74) is 8.75. The number of benzene rings is 2. The van der Waals surface area contributed by atoms with Gasteiger partial charge >= 0.3 is 0 Å². The summed E-state index contributed by atoms with van der Waals surface area (Å²) in [7, 11) is 6.41. The number of nitrogens with two attached hydrogens (primary N) is 1. The molecular weight excluding hydrogens is 372 g/mol. The summed E-state index contributed by atoms with van der Waals surface area (Å²) in [6.07, 6.45) is 0.839. The maximum absolute atomic E-state index is 11.8. The van der Waals surface area contributed by atoms with Crippen molar-refractivity contribution in [3.05, 3.63) is 47.0 Å². The zero-order chi connectivity index (χ0) is 21.4. The van der Waals surface area contributed by atoms with Crippen molar-refractivity contribution in [1.82, 2.24) is 0 Å². The lowest BCUT2D eigenvalue weighted by atomic mass is 9.87. The van der Waals surface area contributed by atoms with E-state index in [-0.39, 0.29) is 5.92 Å². The summed E-state index contributed by atoms with van der Waals surface area (Å²) >= 11 is 0. The molecular formula is C22H30N2O5. The smallest absolute Gasteiger partial charge is 0.250 e. The molecule has 1 unspecified atom stereocenters. The SMILES string of the molecule is CCC(c1ccc(C(N)=O)c(NCCOC)c1)c1cc(OC)c(OC)c(OC)c1. The van der Waals surface area contributed by atoms with E-state index in [1.165, 1.54) is 0 Å². The highest BCUT2D eigenvalue weighted by Gasteiger charge is 2.20. The summed E-state index contributed by atoms with van der Waals surface area (Å²) in [6, 6.07) is 9.56. The average molecular weight is 402 g/mol. The molecule has 0 spiro atoms. The first-order chi connectivity index (χ1) is 14.0. The Hall–Kier alpha value is -2.93. The Morgan fingerprint density at radius 2 is 1.66 bits per heavy atom. The Balaban J connectivity index is 2.50. The molecule has 0 aliphatic heterocycles. The van der Waals surface area contributed by atoms with Gasteiger partial charge in [0.1, 0.15) is 0 Å². The number of carbonyl (C=O) groups excluding carboxylic acids is 1. The second kappa shape index (κ2) is 10.6. The van der Waals surface area contributed by atoms with E-state index in [0.29, 0.717) is 41.7 Å². The lowest BCUT2D eigenvalue weighted by molar-refractivity contribution is 0.100. The van der Waals surface area contributed by atoms with Gasteiger partial charge < -0.3 is 30.0 Å². The highest BCUT2D eigenvalue weighted by molar-refractivity contribution is 5.98. The quantitative estimate of drug-likeness (QED) is 0.560. The Morgan fingerprint density at radius 3 is 2.14 bits per heavy atom. The molecule has 0 aromatic heterocycles. The predicted molar refractivity (Wildman–Crippen MR) is 114 cm³/mol. The maximum atomic E-state index is 11.8. The van der Waals surface area contributed by atoms with E-state index < -0.39 is 5.91 Å². The monoisotopic (exact) mass is 402 g/mol. The lowest BCUT2D eigenvalue weighted by Gasteiger charge is -2.21. The minimum absolute atomic E-state index is 0.0635. The van der Waals surface area contributed by atoms with E-state index in [0.717, 1.165) is 17.5 Å². The van der Waals surface area contributed by atoms with Crippen LogP contribution in [0.4, 0.5) is 5.69 Å². The minimum atomic E-state index is -0.475.